The summed E-state index contributed by atoms with van der Waals surface area (Å²) in [5.74, 6) is 0.397. The van der Waals surface area contributed by atoms with Gasteiger partial charge in [-0.25, -0.2) is 14.4 Å². The van der Waals surface area contributed by atoms with Crippen molar-refractivity contribution < 1.29 is 14.0 Å². The lowest BCUT2D eigenvalue weighted by molar-refractivity contribution is -0.109. The maximum atomic E-state index is 14.8. The Morgan fingerprint density at radius 1 is 1.25 bits per heavy atom. The van der Waals surface area contributed by atoms with Crippen LogP contribution < -0.4 is 10.6 Å². The minimum atomic E-state index is -0.409. The van der Waals surface area contributed by atoms with Gasteiger partial charge < -0.3 is 15.5 Å². The van der Waals surface area contributed by atoms with Crippen molar-refractivity contribution >= 4 is 47.3 Å². The van der Waals surface area contributed by atoms with E-state index in [2.05, 4.69) is 41.0 Å². The maximum absolute atomic E-state index is 14.8. The molecule has 0 aromatic carbocycles. The number of hydrogen-bond acceptors (Lipinski definition) is 5. The normalized spacial score (nSPS) is 14.2. The average Bonchev–Trinajstić information content (AvgIpc) is 2.93. The zero-order valence-corrected chi connectivity index (χ0v) is 24.1. The molecule has 3 rings (SSSR count). The highest BCUT2D eigenvalue weighted by molar-refractivity contribution is 6.33. The van der Waals surface area contributed by atoms with Crippen LogP contribution in [0.2, 0.25) is 5.02 Å². The fourth-order valence-corrected chi connectivity index (χ4v) is 4.79. The molecule has 2 aromatic heterocycles. The molecule has 0 spiro atoms. The number of hydrogen-bond donors (Lipinski definition) is 2. The first-order valence-corrected chi connectivity index (χ1v) is 13.7. The fraction of sp³-hybridized carbons (Fsp3) is 0.367. The van der Waals surface area contributed by atoms with Crippen LogP contribution in [0.4, 0.5) is 15.9 Å². The average molecular weight is 567 g/mol. The monoisotopic (exact) mass is 566 g/mol. The quantitative estimate of drug-likeness (QED) is 0.129. The largest absolute Gasteiger partial charge is 0.357 e. The lowest BCUT2D eigenvalue weighted by Gasteiger charge is -2.33. The Balaban J connectivity index is 2.35. The number of amides is 2. The van der Waals surface area contributed by atoms with E-state index in [1.165, 1.54) is 6.08 Å². The number of rotatable bonds is 13. The van der Waals surface area contributed by atoms with E-state index in [0.29, 0.717) is 62.3 Å². The first kappa shape index (κ1) is 30.7. The van der Waals surface area contributed by atoms with Crippen molar-refractivity contribution in [2.75, 3.05) is 18.4 Å². The molecule has 40 heavy (non-hydrogen) atoms. The molecule has 8 nitrogen and oxygen atoms in total. The molecule has 10 heteroatoms. The van der Waals surface area contributed by atoms with Gasteiger partial charge in [-0.2, -0.15) is 0 Å². The second-order valence-corrected chi connectivity index (χ2v) is 10.2. The van der Waals surface area contributed by atoms with Crippen molar-refractivity contribution in [1.82, 2.24) is 20.2 Å². The van der Waals surface area contributed by atoms with Gasteiger partial charge in [-0.05, 0) is 62.8 Å². The second kappa shape index (κ2) is 14.5. The summed E-state index contributed by atoms with van der Waals surface area (Å²) in [5.41, 5.74) is 3.37. The number of aliphatic imine (C=N–C) groups is 1. The zero-order valence-electron chi connectivity index (χ0n) is 23.4. The van der Waals surface area contributed by atoms with Gasteiger partial charge in [0, 0.05) is 30.9 Å². The molecule has 2 amide bonds. The molecule has 2 N–H and O–H groups in total. The molecule has 1 atom stereocenters. The van der Waals surface area contributed by atoms with Crippen LogP contribution in [-0.4, -0.2) is 52.7 Å². The van der Waals surface area contributed by atoms with Crippen LogP contribution in [0.3, 0.4) is 0 Å². The molecular formula is C30H36ClFN6O2. The number of allylic oxidation sites excluding steroid dienone is 4. The Morgan fingerprint density at radius 3 is 2.65 bits per heavy atom. The number of aryl methyl sites for hydroxylation is 1. The third kappa shape index (κ3) is 7.21. The third-order valence-electron chi connectivity index (χ3n) is 6.62. The highest BCUT2D eigenvalue weighted by Gasteiger charge is 2.27. The molecule has 0 radical (unpaired) electrons. The Labute approximate surface area is 240 Å². The Kier molecular flexibility index (Phi) is 11.1. The Hall–Kier alpha value is -3.85. The number of nitrogens with one attached hydrogen (secondary N) is 2. The molecule has 212 valence electrons. The molecular weight excluding hydrogens is 531 g/mol. The van der Waals surface area contributed by atoms with Crippen LogP contribution in [0.25, 0.3) is 5.57 Å². The maximum Gasteiger partial charge on any atom is 0.212 e. The van der Waals surface area contributed by atoms with E-state index in [9.17, 15) is 14.0 Å². The van der Waals surface area contributed by atoms with Gasteiger partial charge in [0.2, 0.25) is 12.8 Å². The predicted molar refractivity (Wildman–Crippen MR) is 160 cm³/mol. The highest BCUT2D eigenvalue weighted by atomic mass is 35.5. The van der Waals surface area contributed by atoms with E-state index >= 15 is 0 Å². The summed E-state index contributed by atoms with van der Waals surface area (Å²) < 4.78 is 14.8. The SMILES string of the molecule is C=CCCN(C(=Nc1c(C(C)C)ccnc1C)c1cc(Cl)c(C2=CCCC=C2F)nc1NC=O)C(C)CNC=O. The first-order chi connectivity index (χ1) is 19.2. The summed E-state index contributed by atoms with van der Waals surface area (Å²) in [6.07, 6.45) is 9.82. The van der Waals surface area contributed by atoms with Gasteiger partial charge in [0.25, 0.3) is 0 Å². The molecule has 0 fully saturated rings. The molecule has 1 aliphatic rings. The van der Waals surface area contributed by atoms with Crippen molar-refractivity contribution in [2.45, 2.75) is 58.9 Å². The van der Waals surface area contributed by atoms with Gasteiger partial charge >= 0.3 is 0 Å². The van der Waals surface area contributed by atoms with E-state index < -0.39 is 5.83 Å². The summed E-state index contributed by atoms with van der Waals surface area (Å²) in [5, 5.41) is 5.63. The van der Waals surface area contributed by atoms with Crippen LogP contribution in [0.15, 0.2) is 54.0 Å². The van der Waals surface area contributed by atoms with Gasteiger partial charge in [0.15, 0.2) is 0 Å². The van der Waals surface area contributed by atoms with Crippen LogP contribution in [-0.2, 0) is 9.59 Å². The lowest BCUT2D eigenvalue weighted by Crippen LogP contribution is -2.45. The number of pyridine rings is 2. The highest BCUT2D eigenvalue weighted by Crippen LogP contribution is 2.36. The minimum absolute atomic E-state index is 0.155. The van der Waals surface area contributed by atoms with E-state index in [1.807, 2.05) is 24.8 Å². The molecule has 1 aliphatic carbocycles. The van der Waals surface area contributed by atoms with Crippen molar-refractivity contribution in [3.63, 3.8) is 0 Å². The van der Waals surface area contributed by atoms with Crippen LogP contribution in [0.5, 0.6) is 0 Å². The molecule has 0 bridgehead atoms. The van der Waals surface area contributed by atoms with E-state index in [0.717, 1.165) is 11.3 Å². The molecule has 0 saturated carbocycles. The lowest BCUT2D eigenvalue weighted by atomic mass is 10.0. The number of nitrogens with zero attached hydrogens (tertiary/aromatic N) is 4. The Bertz CT molecular complexity index is 1340. The van der Waals surface area contributed by atoms with Crippen LogP contribution in [0.1, 0.15) is 68.5 Å². The fourth-order valence-electron chi connectivity index (χ4n) is 4.54. The smallest absolute Gasteiger partial charge is 0.212 e. The number of carbonyl (C=O) groups excluding carboxylic acids is 2. The summed E-state index contributed by atoms with van der Waals surface area (Å²) >= 11 is 6.76. The van der Waals surface area contributed by atoms with Gasteiger partial charge in [0.1, 0.15) is 17.5 Å². The summed E-state index contributed by atoms with van der Waals surface area (Å²) in [6.45, 7) is 12.7. The molecule has 0 aliphatic heterocycles. The third-order valence-corrected chi connectivity index (χ3v) is 6.90. The van der Waals surface area contributed by atoms with Crippen molar-refractivity contribution in [3.8, 4) is 0 Å². The van der Waals surface area contributed by atoms with Gasteiger partial charge in [-0.1, -0.05) is 37.6 Å². The zero-order chi connectivity index (χ0) is 29.2. The number of amidine groups is 1. The number of aromatic nitrogens is 2. The van der Waals surface area contributed by atoms with Gasteiger partial charge in [-0.3, -0.25) is 14.6 Å². The summed E-state index contributed by atoms with van der Waals surface area (Å²) in [7, 11) is 0. The number of carbonyl (C=O) groups is 2. The van der Waals surface area contributed by atoms with Crippen molar-refractivity contribution in [2.24, 2.45) is 4.99 Å². The molecule has 0 saturated heterocycles. The number of halogens is 2. The van der Waals surface area contributed by atoms with E-state index in [4.69, 9.17) is 16.6 Å². The second-order valence-electron chi connectivity index (χ2n) is 9.79. The van der Waals surface area contributed by atoms with Crippen LogP contribution in [0, 0.1) is 6.92 Å². The van der Waals surface area contributed by atoms with Gasteiger partial charge in [-0.15, -0.1) is 6.58 Å². The van der Waals surface area contributed by atoms with Crippen LogP contribution >= 0.6 is 11.6 Å². The van der Waals surface area contributed by atoms with Crippen molar-refractivity contribution in [1.29, 1.82) is 0 Å². The molecule has 2 heterocycles. The summed E-state index contributed by atoms with van der Waals surface area (Å²) in [4.78, 5) is 39.1. The van der Waals surface area contributed by atoms with E-state index in [-0.39, 0.29) is 34.1 Å². The van der Waals surface area contributed by atoms with Gasteiger partial charge in [0.05, 0.1) is 27.7 Å². The molecule has 2 aromatic rings. The minimum Gasteiger partial charge on any atom is -0.357 e. The predicted octanol–water partition coefficient (Wildman–Crippen LogP) is 6.25. The molecule has 1 unspecified atom stereocenters. The summed E-state index contributed by atoms with van der Waals surface area (Å²) in [6, 6.07) is 3.37. The Morgan fingerprint density at radius 2 is 2.00 bits per heavy atom. The van der Waals surface area contributed by atoms with E-state index in [1.54, 1.807) is 24.4 Å². The number of anilines is 1. The topological polar surface area (TPSA) is 99.6 Å². The standard InChI is InChI=1S/C30H36ClFN6O2/c1-6-7-14-38(20(4)16-33-17-39)30(37-27-21(5)34-13-12-22(27)19(2)3)24-15-25(31)28(36-29(24)35-18-40)23-10-8-9-11-26(23)32/h6,10-13,15,17-20H,1,7-9,14,16H2,2-5H3,(H,33,39)(H,35,36,40). The van der Waals surface area contributed by atoms with Crippen molar-refractivity contribution in [3.05, 3.63) is 76.5 Å². The first-order valence-electron chi connectivity index (χ1n) is 13.3.